The van der Waals surface area contributed by atoms with E-state index in [2.05, 4.69) is 15.0 Å². The molecule has 8 nitrogen and oxygen atoms in total. The molecule has 0 saturated heterocycles. The smallest absolute Gasteiger partial charge is 0.497 e. The van der Waals surface area contributed by atoms with Crippen LogP contribution in [-0.4, -0.2) is 49.7 Å². The maximum atomic E-state index is 14.3. The third-order valence-corrected chi connectivity index (χ3v) is 6.23. The second kappa shape index (κ2) is 11.5. The van der Waals surface area contributed by atoms with E-state index in [1.54, 1.807) is 12.1 Å². The first-order valence-corrected chi connectivity index (χ1v) is 12.0. The van der Waals surface area contributed by atoms with E-state index < -0.39 is 35.1 Å². The van der Waals surface area contributed by atoms with Gasteiger partial charge in [0.1, 0.15) is 35.2 Å². The summed E-state index contributed by atoms with van der Waals surface area (Å²) in [4.78, 5) is 17.0. The van der Waals surface area contributed by atoms with Crippen LogP contribution < -0.4 is 24.3 Å². The van der Waals surface area contributed by atoms with Crippen LogP contribution in [0.2, 0.25) is 0 Å². The highest BCUT2D eigenvalue weighted by atomic mass is 19.4. The van der Waals surface area contributed by atoms with E-state index in [-0.39, 0.29) is 41.0 Å². The third kappa shape index (κ3) is 6.30. The van der Waals surface area contributed by atoms with Crippen molar-refractivity contribution in [1.82, 2.24) is 4.98 Å². The Hall–Kier alpha value is -4.52. The summed E-state index contributed by atoms with van der Waals surface area (Å²) in [5.41, 5.74) is -1.36. The number of hydrogen-bond donors (Lipinski definition) is 3. The highest BCUT2D eigenvalue weighted by Gasteiger charge is 2.40. The van der Waals surface area contributed by atoms with E-state index in [4.69, 9.17) is 19.3 Å². The number of H-pyrrole nitrogens is 1. The van der Waals surface area contributed by atoms with Crippen molar-refractivity contribution in [3.05, 3.63) is 77.5 Å². The molecule has 3 N–H and O–H groups in total. The molecule has 218 valence electrons. The standard InChI is InChI=1S/C28H25F5N2O6/c1-27(21-5-4-15(29)8-24(21)39-3,35-16-9-17(38-2)11-18(10-16)40-7-6-36)26(37)20-14-34-23-13-22(30)25(12-19(20)23)41-28(31,32)33/h4-5,8-14,34-36H,6-7H2,1-3H3/t27-/m1/s1. The minimum atomic E-state index is -5.17. The molecule has 0 amide bonds. The first-order chi connectivity index (χ1) is 19.4. The molecular weight excluding hydrogens is 555 g/mol. The summed E-state index contributed by atoms with van der Waals surface area (Å²) in [7, 11) is 2.69. The van der Waals surface area contributed by atoms with Crippen LogP contribution in [-0.2, 0) is 5.54 Å². The lowest BCUT2D eigenvalue weighted by atomic mass is 9.83. The molecule has 1 heterocycles. The van der Waals surface area contributed by atoms with Crippen molar-refractivity contribution < 1.29 is 50.8 Å². The molecule has 0 aliphatic carbocycles. The summed E-state index contributed by atoms with van der Waals surface area (Å²) in [6, 6.07) is 9.70. The summed E-state index contributed by atoms with van der Waals surface area (Å²) in [5, 5.41) is 12.2. The minimum Gasteiger partial charge on any atom is -0.497 e. The number of aliphatic hydroxyl groups is 1. The summed E-state index contributed by atoms with van der Waals surface area (Å²) < 4.78 is 87.2. The predicted octanol–water partition coefficient (Wildman–Crippen LogP) is 5.94. The van der Waals surface area contributed by atoms with Gasteiger partial charge in [0.2, 0.25) is 0 Å². The molecular formula is C28H25F5N2O6. The number of fused-ring (bicyclic) bond motifs is 1. The first-order valence-electron chi connectivity index (χ1n) is 12.0. The number of methoxy groups -OCH3 is 2. The van der Waals surface area contributed by atoms with Crippen LogP contribution in [0.1, 0.15) is 22.8 Å². The van der Waals surface area contributed by atoms with Gasteiger partial charge in [0.15, 0.2) is 17.3 Å². The number of carbonyl (C=O) groups excluding carboxylic acids is 1. The van der Waals surface area contributed by atoms with Gasteiger partial charge >= 0.3 is 6.36 Å². The topological polar surface area (TPSA) is 102 Å². The van der Waals surface area contributed by atoms with Gasteiger partial charge in [0, 0.05) is 64.2 Å². The Kier molecular flexibility index (Phi) is 8.29. The van der Waals surface area contributed by atoms with Crippen LogP contribution in [0, 0.1) is 11.6 Å². The largest absolute Gasteiger partial charge is 0.573 e. The fraction of sp³-hybridized carbons (Fsp3) is 0.250. The van der Waals surface area contributed by atoms with E-state index in [1.807, 2.05) is 0 Å². The molecule has 13 heteroatoms. The Morgan fingerprint density at radius 1 is 0.976 bits per heavy atom. The van der Waals surface area contributed by atoms with Gasteiger partial charge in [-0.25, -0.2) is 8.78 Å². The van der Waals surface area contributed by atoms with E-state index in [9.17, 15) is 26.7 Å². The van der Waals surface area contributed by atoms with E-state index >= 15 is 0 Å². The lowest BCUT2D eigenvalue weighted by Crippen LogP contribution is -2.41. The van der Waals surface area contributed by atoms with Gasteiger partial charge in [0.05, 0.1) is 20.8 Å². The Bertz CT molecular complexity index is 1570. The summed E-state index contributed by atoms with van der Waals surface area (Å²) >= 11 is 0. The Morgan fingerprint density at radius 3 is 2.37 bits per heavy atom. The molecule has 4 rings (SSSR count). The predicted molar refractivity (Wildman–Crippen MR) is 139 cm³/mol. The number of rotatable bonds is 11. The molecule has 0 saturated carbocycles. The molecule has 0 radical (unpaired) electrons. The molecule has 0 aliphatic rings. The van der Waals surface area contributed by atoms with Crippen molar-refractivity contribution in [2.75, 3.05) is 32.8 Å². The molecule has 4 aromatic rings. The summed E-state index contributed by atoms with van der Waals surface area (Å²) in [5.74, 6) is -3.12. The number of halogens is 5. The number of nitrogens with one attached hydrogen (secondary N) is 2. The number of anilines is 1. The van der Waals surface area contributed by atoms with E-state index in [0.717, 1.165) is 24.3 Å². The zero-order chi connectivity index (χ0) is 29.9. The van der Waals surface area contributed by atoms with Crippen LogP contribution in [0.5, 0.6) is 23.0 Å². The zero-order valence-corrected chi connectivity index (χ0v) is 22.0. The van der Waals surface area contributed by atoms with Gasteiger partial charge in [-0.15, -0.1) is 13.2 Å². The Labute approximate surface area is 230 Å². The lowest BCUT2D eigenvalue weighted by Gasteiger charge is -2.32. The molecule has 0 aliphatic heterocycles. The monoisotopic (exact) mass is 580 g/mol. The average Bonchev–Trinajstić information content (AvgIpc) is 3.32. The second-order valence-electron chi connectivity index (χ2n) is 8.97. The number of aliphatic hydroxyl groups excluding tert-OH is 1. The Balaban J connectivity index is 1.89. The number of ether oxygens (including phenoxy) is 4. The van der Waals surface area contributed by atoms with Crippen LogP contribution in [0.3, 0.4) is 0 Å². The highest BCUT2D eigenvalue weighted by Crippen LogP contribution is 2.40. The van der Waals surface area contributed by atoms with Crippen molar-refractivity contribution in [2.24, 2.45) is 0 Å². The third-order valence-electron chi connectivity index (χ3n) is 6.23. The summed E-state index contributed by atoms with van der Waals surface area (Å²) in [6.45, 7) is 1.18. The molecule has 1 aromatic heterocycles. The Morgan fingerprint density at radius 2 is 1.71 bits per heavy atom. The molecule has 0 unspecified atom stereocenters. The molecule has 1 atom stereocenters. The van der Waals surface area contributed by atoms with Crippen LogP contribution in [0.15, 0.2) is 54.7 Å². The molecule has 0 bridgehead atoms. The molecule has 41 heavy (non-hydrogen) atoms. The number of hydrogen-bond acceptors (Lipinski definition) is 7. The van der Waals surface area contributed by atoms with Gasteiger partial charge in [-0.3, -0.25) is 4.79 Å². The molecule has 3 aromatic carbocycles. The van der Waals surface area contributed by atoms with E-state index in [1.165, 1.54) is 39.5 Å². The van der Waals surface area contributed by atoms with Crippen LogP contribution in [0.4, 0.5) is 27.6 Å². The quantitative estimate of drug-likeness (QED) is 0.149. The zero-order valence-electron chi connectivity index (χ0n) is 22.0. The van der Waals surface area contributed by atoms with Crippen LogP contribution in [0.25, 0.3) is 10.9 Å². The maximum absolute atomic E-state index is 14.3. The summed E-state index contributed by atoms with van der Waals surface area (Å²) in [6.07, 6.45) is -3.95. The average molecular weight is 581 g/mol. The highest BCUT2D eigenvalue weighted by molar-refractivity contribution is 6.14. The fourth-order valence-corrected chi connectivity index (χ4v) is 4.41. The van der Waals surface area contributed by atoms with Crippen molar-refractivity contribution in [3.63, 3.8) is 0 Å². The minimum absolute atomic E-state index is 0.0000189. The second-order valence-corrected chi connectivity index (χ2v) is 8.97. The van der Waals surface area contributed by atoms with Gasteiger partial charge < -0.3 is 34.4 Å². The van der Waals surface area contributed by atoms with E-state index in [0.29, 0.717) is 17.2 Å². The normalized spacial score (nSPS) is 13.0. The lowest BCUT2D eigenvalue weighted by molar-refractivity contribution is -0.275. The van der Waals surface area contributed by atoms with Crippen molar-refractivity contribution >= 4 is 22.4 Å². The fourth-order valence-electron chi connectivity index (χ4n) is 4.41. The number of carbonyl (C=O) groups is 1. The van der Waals surface area contributed by atoms with Gasteiger partial charge in [-0.05, 0) is 25.1 Å². The molecule has 0 fully saturated rings. The van der Waals surface area contributed by atoms with Crippen molar-refractivity contribution in [2.45, 2.75) is 18.8 Å². The number of benzene rings is 3. The van der Waals surface area contributed by atoms with Gasteiger partial charge in [-0.1, -0.05) is 0 Å². The van der Waals surface area contributed by atoms with Crippen LogP contribution >= 0.6 is 0 Å². The van der Waals surface area contributed by atoms with Crippen molar-refractivity contribution in [1.29, 1.82) is 0 Å². The number of ketones is 1. The SMILES string of the molecule is COc1cc(N[C@@](C)(C(=O)c2c[nH]c3cc(F)c(OC(F)(F)F)cc23)c2ccc(F)cc2OC)cc(OCCO)c1. The van der Waals surface area contributed by atoms with Gasteiger partial charge in [0.25, 0.3) is 0 Å². The number of aromatic nitrogens is 1. The number of aromatic amines is 1. The number of Topliss-reactive ketones (excluding diaryl/α,β-unsaturated/α-hetero) is 1. The maximum Gasteiger partial charge on any atom is 0.573 e. The number of alkyl halides is 3. The molecule has 0 spiro atoms. The van der Waals surface area contributed by atoms with Crippen molar-refractivity contribution in [3.8, 4) is 23.0 Å². The van der Waals surface area contributed by atoms with Gasteiger partial charge in [-0.2, -0.15) is 0 Å². The first kappa shape index (κ1) is 29.5.